The minimum Gasteiger partial charge on any atom is -0.493 e. The number of hydrogen-bond donors (Lipinski definition) is 0. The van der Waals surface area contributed by atoms with E-state index in [0.29, 0.717) is 47.3 Å². The van der Waals surface area contributed by atoms with Crippen LogP contribution in [0, 0.1) is 12.7 Å². The molecule has 0 amide bonds. The Labute approximate surface area is 216 Å². The molecule has 37 heavy (non-hydrogen) atoms. The van der Waals surface area contributed by atoms with Gasteiger partial charge in [0.1, 0.15) is 5.82 Å². The van der Waals surface area contributed by atoms with E-state index in [1.807, 2.05) is 19.1 Å². The number of carbonyl (C=O) groups is 1. The summed E-state index contributed by atoms with van der Waals surface area (Å²) in [6, 6.07) is 10.4. The predicted octanol–water partition coefficient (Wildman–Crippen LogP) is 4.19. The molecule has 2 aromatic carbocycles. The smallest absolute Gasteiger partial charge is 0.225 e. The monoisotopic (exact) mass is 506 g/mol. The number of fused-ring (bicyclic) bond motifs is 1. The van der Waals surface area contributed by atoms with E-state index in [1.54, 1.807) is 33.5 Å². The molecule has 2 aliphatic rings. The summed E-state index contributed by atoms with van der Waals surface area (Å²) >= 11 is 0. The third-order valence-corrected chi connectivity index (χ3v) is 7.22. The lowest BCUT2D eigenvalue weighted by Gasteiger charge is -2.36. The van der Waals surface area contributed by atoms with E-state index in [-0.39, 0.29) is 17.5 Å². The lowest BCUT2D eigenvalue weighted by molar-refractivity contribution is 0.0961. The number of hydrogen-bond acceptors (Lipinski definition) is 8. The first kappa shape index (κ1) is 24.8. The molecule has 0 bridgehead atoms. The number of ketones is 1. The molecule has 3 aromatic rings. The van der Waals surface area contributed by atoms with Crippen LogP contribution in [0.4, 0.5) is 16.0 Å². The first-order chi connectivity index (χ1) is 17.9. The van der Waals surface area contributed by atoms with Gasteiger partial charge in [-0.05, 0) is 61.2 Å². The van der Waals surface area contributed by atoms with Crippen LogP contribution >= 0.6 is 0 Å². The second-order valence-electron chi connectivity index (χ2n) is 9.37. The summed E-state index contributed by atoms with van der Waals surface area (Å²) in [4.78, 5) is 27.2. The quantitative estimate of drug-likeness (QED) is 0.493. The van der Waals surface area contributed by atoms with Crippen molar-refractivity contribution in [3.63, 3.8) is 0 Å². The molecule has 1 atom stereocenters. The third-order valence-electron chi connectivity index (χ3n) is 7.22. The zero-order valence-electron chi connectivity index (χ0n) is 21.6. The van der Waals surface area contributed by atoms with Crippen molar-refractivity contribution in [3.8, 4) is 17.2 Å². The van der Waals surface area contributed by atoms with Crippen molar-refractivity contribution in [2.75, 3.05) is 57.3 Å². The van der Waals surface area contributed by atoms with Crippen molar-refractivity contribution in [2.45, 2.75) is 25.7 Å². The fourth-order valence-corrected chi connectivity index (χ4v) is 5.29. The van der Waals surface area contributed by atoms with Gasteiger partial charge in [-0.1, -0.05) is 0 Å². The van der Waals surface area contributed by atoms with Gasteiger partial charge in [0.15, 0.2) is 17.3 Å². The Hall–Kier alpha value is -3.88. The third kappa shape index (κ3) is 4.77. The summed E-state index contributed by atoms with van der Waals surface area (Å²) in [5.74, 6) is 2.04. The van der Waals surface area contributed by atoms with Gasteiger partial charge in [0.25, 0.3) is 0 Å². The lowest BCUT2D eigenvalue weighted by Crippen LogP contribution is -2.47. The van der Waals surface area contributed by atoms with E-state index in [9.17, 15) is 9.18 Å². The maximum absolute atomic E-state index is 13.3. The summed E-state index contributed by atoms with van der Waals surface area (Å²) in [5, 5.41) is 0. The highest BCUT2D eigenvalue weighted by Gasteiger charge is 2.32. The average molecular weight is 507 g/mol. The molecule has 1 fully saturated rings. The average Bonchev–Trinajstić information content (AvgIpc) is 2.92. The number of nitrogens with zero attached hydrogens (tertiary/aromatic N) is 4. The van der Waals surface area contributed by atoms with Crippen LogP contribution in [0.25, 0.3) is 0 Å². The highest BCUT2D eigenvalue weighted by atomic mass is 19.1. The van der Waals surface area contributed by atoms with Crippen LogP contribution in [-0.4, -0.2) is 63.3 Å². The second-order valence-corrected chi connectivity index (χ2v) is 9.37. The molecular weight excluding hydrogens is 475 g/mol. The van der Waals surface area contributed by atoms with Crippen molar-refractivity contribution < 1.29 is 23.4 Å². The molecule has 1 saturated heterocycles. The molecular formula is C28H31FN4O4. The van der Waals surface area contributed by atoms with Gasteiger partial charge < -0.3 is 24.0 Å². The number of Topliss-reactive ketones (excluding diaryl/α,β-unsaturated/α-hetero) is 1. The number of benzene rings is 2. The Morgan fingerprint density at radius 1 is 0.865 bits per heavy atom. The summed E-state index contributed by atoms with van der Waals surface area (Å²) < 4.78 is 29.8. The van der Waals surface area contributed by atoms with Gasteiger partial charge in [-0.3, -0.25) is 4.79 Å². The maximum atomic E-state index is 13.3. The standard InChI is InChI=1S/C28H31FN4O4/c1-17-26-22(13-18(14-23(26)34)19-15-24(35-2)27(37-4)25(16-19)36-3)31-28(30-17)33-11-9-32(10-12-33)21-7-5-20(29)6-8-21/h5-8,15-16,18H,9-14H2,1-4H3/t18-/m0/s1. The zero-order chi connectivity index (χ0) is 26.1. The molecule has 0 N–H and O–H groups in total. The molecule has 2 heterocycles. The topological polar surface area (TPSA) is 77.0 Å². The number of rotatable bonds is 6. The number of carbonyl (C=O) groups excluding carboxylic acids is 1. The number of aromatic nitrogens is 2. The fourth-order valence-electron chi connectivity index (χ4n) is 5.29. The number of halogens is 1. The van der Waals surface area contributed by atoms with Gasteiger partial charge in [-0.15, -0.1) is 0 Å². The zero-order valence-corrected chi connectivity index (χ0v) is 21.6. The highest BCUT2D eigenvalue weighted by Crippen LogP contribution is 2.43. The van der Waals surface area contributed by atoms with Crippen molar-refractivity contribution in [3.05, 3.63) is 64.7 Å². The fraction of sp³-hybridized carbons (Fsp3) is 0.393. The predicted molar refractivity (Wildman–Crippen MR) is 139 cm³/mol. The molecule has 194 valence electrons. The van der Waals surface area contributed by atoms with Crippen molar-refractivity contribution in [1.29, 1.82) is 0 Å². The number of anilines is 2. The van der Waals surface area contributed by atoms with Gasteiger partial charge in [-0.25, -0.2) is 14.4 Å². The molecule has 0 unspecified atom stereocenters. The normalized spacial score (nSPS) is 17.4. The molecule has 9 heteroatoms. The van der Waals surface area contributed by atoms with Crippen molar-refractivity contribution in [1.82, 2.24) is 9.97 Å². The largest absolute Gasteiger partial charge is 0.493 e. The molecule has 0 spiro atoms. The van der Waals surface area contributed by atoms with E-state index >= 15 is 0 Å². The van der Waals surface area contributed by atoms with Crippen molar-refractivity contribution in [2.24, 2.45) is 0 Å². The van der Waals surface area contributed by atoms with Crippen LogP contribution in [0.5, 0.6) is 17.2 Å². The van der Waals surface area contributed by atoms with Gasteiger partial charge in [0.2, 0.25) is 11.7 Å². The van der Waals surface area contributed by atoms with Gasteiger partial charge in [0, 0.05) is 38.3 Å². The Kier molecular flexibility index (Phi) is 6.86. The second kappa shape index (κ2) is 10.2. The minimum absolute atomic E-state index is 0.0465. The first-order valence-electron chi connectivity index (χ1n) is 12.4. The summed E-state index contributed by atoms with van der Waals surface area (Å²) in [5.41, 5.74) is 4.08. The number of ether oxygens (including phenoxy) is 3. The van der Waals surface area contributed by atoms with Crippen molar-refractivity contribution >= 4 is 17.4 Å². The Balaban J connectivity index is 1.38. The Bertz CT molecular complexity index is 1280. The Morgan fingerprint density at radius 3 is 2.08 bits per heavy atom. The minimum atomic E-state index is -0.236. The molecule has 5 rings (SSSR count). The van der Waals surface area contributed by atoms with E-state index in [0.717, 1.165) is 43.1 Å². The van der Waals surface area contributed by atoms with Crippen LogP contribution in [0.1, 0.15) is 39.6 Å². The summed E-state index contributed by atoms with van der Waals surface area (Å²) in [6.07, 6.45) is 0.983. The first-order valence-corrected chi connectivity index (χ1v) is 12.4. The molecule has 1 aliphatic carbocycles. The van der Waals surface area contributed by atoms with Crippen LogP contribution in [0.3, 0.4) is 0 Å². The van der Waals surface area contributed by atoms with E-state index < -0.39 is 0 Å². The number of aryl methyl sites for hydroxylation is 1. The Morgan fingerprint density at radius 2 is 1.49 bits per heavy atom. The van der Waals surface area contributed by atoms with Gasteiger partial charge in [-0.2, -0.15) is 0 Å². The molecule has 8 nitrogen and oxygen atoms in total. The van der Waals surface area contributed by atoms with E-state index in [1.165, 1.54) is 12.1 Å². The summed E-state index contributed by atoms with van der Waals surface area (Å²) in [6.45, 7) is 4.91. The van der Waals surface area contributed by atoms with Crippen LogP contribution in [0.2, 0.25) is 0 Å². The SMILES string of the molecule is COc1cc([C@@H]2CC(=O)c3c(C)nc(N4CCN(c5ccc(F)cc5)CC4)nc3C2)cc(OC)c1OC. The van der Waals surface area contributed by atoms with Crippen LogP contribution in [-0.2, 0) is 6.42 Å². The molecule has 0 radical (unpaired) electrons. The highest BCUT2D eigenvalue weighted by molar-refractivity contribution is 5.99. The van der Waals surface area contributed by atoms with Gasteiger partial charge in [0.05, 0.1) is 38.3 Å². The number of piperazine rings is 1. The molecule has 1 aliphatic heterocycles. The van der Waals surface area contributed by atoms with Gasteiger partial charge >= 0.3 is 0 Å². The lowest BCUT2D eigenvalue weighted by atomic mass is 9.81. The molecule has 0 saturated carbocycles. The van der Waals surface area contributed by atoms with E-state index in [4.69, 9.17) is 24.2 Å². The summed E-state index contributed by atoms with van der Waals surface area (Å²) in [7, 11) is 4.74. The van der Waals surface area contributed by atoms with E-state index in [2.05, 4.69) is 9.80 Å². The number of methoxy groups -OCH3 is 3. The van der Waals surface area contributed by atoms with Crippen LogP contribution in [0.15, 0.2) is 36.4 Å². The van der Waals surface area contributed by atoms with Crippen LogP contribution < -0.4 is 24.0 Å². The maximum Gasteiger partial charge on any atom is 0.225 e. The molecule has 1 aromatic heterocycles.